The molecular formula is C24H31F4N5O. The molecule has 4 rings (SSSR count). The third-order valence-corrected chi connectivity index (χ3v) is 7.02. The molecule has 2 atom stereocenters. The maximum absolute atomic E-state index is 13.5. The van der Waals surface area contributed by atoms with Gasteiger partial charge in [-0.3, -0.25) is 4.79 Å². The highest BCUT2D eigenvalue weighted by molar-refractivity contribution is 5.77. The number of nitrogens with two attached hydrogens (primary N) is 1. The van der Waals surface area contributed by atoms with Crippen LogP contribution >= 0.6 is 0 Å². The zero-order chi connectivity index (χ0) is 24.5. The van der Waals surface area contributed by atoms with Crippen LogP contribution in [0.4, 0.5) is 17.6 Å². The molecule has 0 bridgehead atoms. The number of hydrogen-bond acceptors (Lipinski definition) is 4. The van der Waals surface area contributed by atoms with Crippen LogP contribution in [0.2, 0.25) is 0 Å². The molecule has 6 nitrogen and oxygen atoms in total. The highest BCUT2D eigenvalue weighted by Crippen LogP contribution is 2.44. The highest BCUT2D eigenvalue weighted by Gasteiger charge is 2.45. The fraction of sp³-hybridized carbons (Fsp3) is 0.625. The Kier molecular flexibility index (Phi) is 6.98. The van der Waals surface area contributed by atoms with Gasteiger partial charge in [0, 0.05) is 32.1 Å². The molecule has 34 heavy (non-hydrogen) atoms. The van der Waals surface area contributed by atoms with Crippen molar-refractivity contribution in [2.75, 3.05) is 0 Å². The van der Waals surface area contributed by atoms with Crippen LogP contribution in [0.5, 0.6) is 0 Å². The quantitative estimate of drug-likeness (QED) is 0.385. The monoisotopic (exact) mass is 481 g/mol. The Morgan fingerprint density at radius 1 is 1.26 bits per heavy atom. The average Bonchev–Trinajstić information content (AvgIpc) is 3.18. The lowest BCUT2D eigenvalue weighted by molar-refractivity contribution is -0.134. The van der Waals surface area contributed by atoms with E-state index in [1.165, 1.54) is 0 Å². The zero-order valence-corrected chi connectivity index (χ0v) is 19.0. The summed E-state index contributed by atoms with van der Waals surface area (Å²) in [6.07, 6.45) is 6.27. The van der Waals surface area contributed by atoms with Crippen LogP contribution in [0.3, 0.4) is 0 Å². The van der Waals surface area contributed by atoms with Crippen molar-refractivity contribution >= 4 is 11.6 Å². The van der Waals surface area contributed by atoms with Crippen molar-refractivity contribution in [3.8, 4) is 0 Å². The number of alkyl halides is 4. The number of carbonyl (C=O) groups excluding carboxylic acids is 1. The second-order valence-corrected chi connectivity index (χ2v) is 9.80. The molecule has 2 aliphatic carbocycles. The molecule has 2 saturated carbocycles. The molecule has 2 aliphatic rings. The molecule has 2 aromatic rings. The fourth-order valence-corrected chi connectivity index (χ4v) is 4.98. The molecule has 0 aromatic carbocycles. The van der Waals surface area contributed by atoms with Crippen molar-refractivity contribution in [2.24, 2.45) is 17.6 Å². The van der Waals surface area contributed by atoms with Crippen molar-refractivity contribution < 1.29 is 22.4 Å². The van der Waals surface area contributed by atoms with Gasteiger partial charge in [0.15, 0.2) is 5.65 Å². The van der Waals surface area contributed by atoms with E-state index in [-0.39, 0.29) is 55.9 Å². The van der Waals surface area contributed by atoms with E-state index in [0.29, 0.717) is 37.0 Å². The number of hydrogen-bond donors (Lipinski definition) is 2. The predicted octanol–water partition coefficient (Wildman–Crippen LogP) is 5.11. The van der Waals surface area contributed by atoms with E-state index in [4.69, 9.17) is 5.73 Å². The minimum atomic E-state index is -2.65. The van der Waals surface area contributed by atoms with Crippen molar-refractivity contribution in [3.63, 3.8) is 0 Å². The second kappa shape index (κ2) is 9.64. The van der Waals surface area contributed by atoms with Gasteiger partial charge in [0.1, 0.15) is 0 Å². The van der Waals surface area contributed by atoms with Gasteiger partial charge in [0.05, 0.1) is 30.2 Å². The fourth-order valence-electron chi connectivity index (χ4n) is 4.98. The van der Waals surface area contributed by atoms with Gasteiger partial charge in [-0.2, -0.15) is 5.10 Å². The van der Waals surface area contributed by atoms with Crippen LogP contribution in [0, 0.1) is 11.8 Å². The Bertz CT molecular complexity index is 1020. The maximum atomic E-state index is 13.5. The Balaban J connectivity index is 1.45. The summed E-state index contributed by atoms with van der Waals surface area (Å²) < 4.78 is 54.8. The molecule has 0 saturated heterocycles. The van der Waals surface area contributed by atoms with E-state index >= 15 is 0 Å². The first-order chi connectivity index (χ1) is 16.0. The summed E-state index contributed by atoms with van der Waals surface area (Å²) in [4.78, 5) is 17.1. The average molecular weight is 482 g/mol. The number of allylic oxidation sites excluding steroid dienone is 1. The van der Waals surface area contributed by atoms with E-state index in [1.807, 2.05) is 6.07 Å². The van der Waals surface area contributed by atoms with Crippen LogP contribution in [0.15, 0.2) is 31.1 Å². The van der Waals surface area contributed by atoms with Crippen LogP contribution in [0.25, 0.3) is 5.65 Å². The standard InChI is InChI=1S/C24H31F4N5O/c1-2-3-4-18(32-21(34)9-15-11-24(27,28)12-15)17-10-20-31-19(14-33(20)30-13-17)22(29)16-5-7-23(25,26)8-6-16/h2,10,13-16,18,22H,1,3-9,11-12,29H2,(H,32,34)/t18-,22+/m1/s1. The van der Waals surface area contributed by atoms with Gasteiger partial charge < -0.3 is 11.1 Å². The lowest BCUT2D eigenvalue weighted by atomic mass is 9.79. The molecule has 186 valence electrons. The molecule has 0 aliphatic heterocycles. The first-order valence-electron chi connectivity index (χ1n) is 11.8. The Hall–Kier alpha value is -2.49. The number of rotatable bonds is 9. The van der Waals surface area contributed by atoms with Crippen molar-refractivity contribution in [2.45, 2.75) is 81.7 Å². The normalized spacial score (nSPS) is 22.1. The molecular weight excluding hydrogens is 450 g/mol. The summed E-state index contributed by atoms with van der Waals surface area (Å²) in [5.41, 5.74) is 8.24. The minimum absolute atomic E-state index is 0.0671. The van der Waals surface area contributed by atoms with Crippen molar-refractivity contribution in [3.05, 3.63) is 42.4 Å². The van der Waals surface area contributed by atoms with Gasteiger partial charge in [0.2, 0.25) is 17.8 Å². The van der Waals surface area contributed by atoms with Gasteiger partial charge in [0.25, 0.3) is 0 Å². The Labute approximate surface area is 196 Å². The number of carbonyl (C=O) groups is 1. The Morgan fingerprint density at radius 3 is 2.62 bits per heavy atom. The molecule has 2 heterocycles. The summed E-state index contributed by atoms with van der Waals surface area (Å²) in [5.74, 6) is -5.90. The Morgan fingerprint density at radius 2 is 1.97 bits per heavy atom. The van der Waals surface area contributed by atoms with Crippen LogP contribution in [-0.2, 0) is 4.79 Å². The summed E-state index contributed by atoms with van der Waals surface area (Å²) in [5, 5.41) is 7.34. The van der Waals surface area contributed by atoms with E-state index in [1.54, 1.807) is 23.0 Å². The predicted molar refractivity (Wildman–Crippen MR) is 119 cm³/mol. The number of imidazole rings is 1. The zero-order valence-electron chi connectivity index (χ0n) is 19.0. The van der Waals surface area contributed by atoms with E-state index in [0.717, 1.165) is 5.56 Å². The van der Waals surface area contributed by atoms with E-state index in [9.17, 15) is 22.4 Å². The number of nitrogens with zero attached hydrogens (tertiary/aromatic N) is 3. The maximum Gasteiger partial charge on any atom is 0.248 e. The van der Waals surface area contributed by atoms with E-state index < -0.39 is 17.9 Å². The van der Waals surface area contributed by atoms with Gasteiger partial charge in [-0.1, -0.05) is 6.08 Å². The third kappa shape index (κ3) is 5.76. The largest absolute Gasteiger partial charge is 0.349 e. The van der Waals surface area contributed by atoms with E-state index in [2.05, 4.69) is 22.0 Å². The smallest absolute Gasteiger partial charge is 0.248 e. The first-order valence-corrected chi connectivity index (χ1v) is 11.8. The summed E-state index contributed by atoms with van der Waals surface area (Å²) in [6, 6.07) is 0.986. The van der Waals surface area contributed by atoms with Gasteiger partial charge in [-0.05, 0) is 49.1 Å². The van der Waals surface area contributed by atoms with Gasteiger partial charge in [-0.25, -0.2) is 27.1 Å². The molecule has 1 amide bonds. The third-order valence-electron chi connectivity index (χ3n) is 7.02. The lowest BCUT2D eigenvalue weighted by Gasteiger charge is -2.34. The molecule has 10 heteroatoms. The van der Waals surface area contributed by atoms with Crippen molar-refractivity contribution in [1.29, 1.82) is 0 Å². The topological polar surface area (TPSA) is 85.3 Å². The van der Waals surface area contributed by atoms with Gasteiger partial charge in [-0.15, -0.1) is 6.58 Å². The molecule has 0 unspecified atom stereocenters. The molecule has 0 spiro atoms. The number of nitrogens with one attached hydrogen (secondary N) is 1. The molecule has 2 aromatic heterocycles. The summed E-state index contributed by atoms with van der Waals surface area (Å²) in [7, 11) is 0. The number of amides is 1. The summed E-state index contributed by atoms with van der Waals surface area (Å²) >= 11 is 0. The van der Waals surface area contributed by atoms with Gasteiger partial charge >= 0.3 is 0 Å². The number of aromatic nitrogens is 3. The van der Waals surface area contributed by atoms with Crippen LogP contribution < -0.4 is 11.1 Å². The summed E-state index contributed by atoms with van der Waals surface area (Å²) in [6.45, 7) is 3.73. The minimum Gasteiger partial charge on any atom is -0.349 e. The number of fused-ring (bicyclic) bond motifs is 1. The van der Waals surface area contributed by atoms with Crippen LogP contribution in [-0.4, -0.2) is 32.4 Å². The molecule has 0 radical (unpaired) electrons. The molecule has 2 fully saturated rings. The van der Waals surface area contributed by atoms with Crippen molar-refractivity contribution in [1.82, 2.24) is 19.9 Å². The lowest BCUT2D eigenvalue weighted by Crippen LogP contribution is -2.39. The molecule has 3 N–H and O–H groups in total. The first kappa shape index (κ1) is 24.6. The second-order valence-electron chi connectivity index (χ2n) is 9.80. The SMILES string of the molecule is C=CCC[C@@H](NC(=O)CC1CC(F)(F)C1)c1cnn2cc([C@@H](N)C3CCC(F)(F)CC3)nc2c1. The number of halogens is 4. The highest BCUT2D eigenvalue weighted by atomic mass is 19.3. The van der Waals surface area contributed by atoms with Crippen LogP contribution in [0.1, 0.15) is 81.1 Å².